The zero-order valence-electron chi connectivity index (χ0n) is 23.5. The number of aromatic nitrogens is 4. The Balaban J connectivity index is 1.23. The van der Waals surface area contributed by atoms with Crippen LogP contribution in [0.1, 0.15) is 0 Å². The van der Waals surface area contributed by atoms with Crippen LogP contribution < -0.4 is 4.90 Å². The summed E-state index contributed by atoms with van der Waals surface area (Å²) >= 11 is 0. The monoisotopic (exact) mass is 561 g/mol. The molecule has 0 atom stereocenters. The summed E-state index contributed by atoms with van der Waals surface area (Å²) in [7, 11) is 0. The third kappa shape index (κ3) is 3.15. The highest BCUT2D eigenvalue weighted by molar-refractivity contribution is 6.28. The maximum absolute atomic E-state index is 5.19. The van der Waals surface area contributed by atoms with Gasteiger partial charge in [0.05, 0.1) is 27.9 Å². The van der Waals surface area contributed by atoms with Gasteiger partial charge in [0.1, 0.15) is 0 Å². The maximum Gasteiger partial charge on any atom is 0.238 e. The van der Waals surface area contributed by atoms with Gasteiger partial charge >= 0.3 is 0 Å². The van der Waals surface area contributed by atoms with E-state index >= 15 is 0 Å². The predicted octanol–water partition coefficient (Wildman–Crippen LogP) is 9.81. The van der Waals surface area contributed by atoms with Gasteiger partial charge in [-0.1, -0.05) is 127 Å². The van der Waals surface area contributed by atoms with Crippen molar-refractivity contribution in [2.45, 2.75) is 0 Å². The van der Waals surface area contributed by atoms with E-state index < -0.39 is 0 Å². The van der Waals surface area contributed by atoms with E-state index in [2.05, 4.69) is 125 Å². The molecule has 0 fully saturated rings. The number of anilines is 3. The van der Waals surface area contributed by atoms with Crippen molar-refractivity contribution >= 4 is 55.4 Å². The molecule has 0 saturated carbocycles. The van der Waals surface area contributed by atoms with Crippen molar-refractivity contribution in [2.24, 2.45) is 0 Å². The lowest BCUT2D eigenvalue weighted by Crippen LogP contribution is -2.18. The molecule has 0 radical (unpaired) electrons. The Morgan fingerprint density at radius 3 is 1.34 bits per heavy atom. The van der Waals surface area contributed by atoms with Gasteiger partial charge < -0.3 is 4.40 Å². The molecule has 9 aromatic rings. The summed E-state index contributed by atoms with van der Waals surface area (Å²) in [6, 6.07) is 48.8. The van der Waals surface area contributed by atoms with E-state index in [0.717, 1.165) is 28.1 Å². The van der Waals surface area contributed by atoms with Crippen LogP contribution in [0.3, 0.4) is 0 Å². The SMILES string of the molecule is c1ccc(-c2ccc(-c3nc(-c4ccccc4)nc(N4c5cccc6c7cccc8c9cccc4c9n(c56)c78)n3)cc2)cc1. The standard InChI is InChI=1S/C39H23N5/c1-3-10-24(11-4-1)25-20-22-27(23-21-25)38-40-37(26-12-5-2-6-13-26)41-39(42-38)43-32-18-8-16-30-28-14-7-15-29-31-17-9-19-33(43)36(31)44(34(28)29)35(30)32/h1-23H. The number of hydrogen-bond acceptors (Lipinski definition) is 4. The zero-order chi connectivity index (χ0) is 28.8. The number of hydrogen-bond donors (Lipinski definition) is 0. The van der Waals surface area contributed by atoms with Crippen molar-refractivity contribution in [1.29, 1.82) is 0 Å². The van der Waals surface area contributed by atoms with Crippen LogP contribution >= 0.6 is 0 Å². The minimum Gasteiger partial charge on any atom is -0.304 e. The molecule has 5 heteroatoms. The van der Waals surface area contributed by atoms with Crippen molar-refractivity contribution in [3.8, 4) is 33.9 Å². The van der Waals surface area contributed by atoms with Crippen molar-refractivity contribution in [2.75, 3.05) is 4.90 Å². The van der Waals surface area contributed by atoms with Crippen molar-refractivity contribution in [1.82, 2.24) is 19.4 Å². The van der Waals surface area contributed by atoms with Crippen LogP contribution in [0.5, 0.6) is 0 Å². The molecular formula is C39H23N5. The van der Waals surface area contributed by atoms with Gasteiger partial charge in [-0.25, -0.2) is 4.98 Å². The minimum atomic E-state index is 0.600. The number of nitrogens with zero attached hydrogens (tertiary/aromatic N) is 5. The highest BCUT2D eigenvalue weighted by atomic mass is 15.3. The molecule has 10 rings (SSSR count). The van der Waals surface area contributed by atoms with Gasteiger partial charge in [-0.2, -0.15) is 9.97 Å². The molecule has 0 aliphatic carbocycles. The molecule has 1 aliphatic rings. The first-order valence-corrected chi connectivity index (χ1v) is 14.8. The largest absolute Gasteiger partial charge is 0.304 e. The van der Waals surface area contributed by atoms with Gasteiger partial charge in [0.25, 0.3) is 0 Å². The van der Waals surface area contributed by atoms with E-state index in [-0.39, 0.29) is 0 Å². The Morgan fingerprint density at radius 1 is 0.341 bits per heavy atom. The topological polar surface area (TPSA) is 46.3 Å². The number of rotatable bonds is 4. The first-order valence-electron chi connectivity index (χ1n) is 14.8. The number of fused-ring (bicyclic) bond motifs is 2. The third-order valence-corrected chi connectivity index (χ3v) is 8.90. The van der Waals surface area contributed by atoms with Gasteiger partial charge in [0, 0.05) is 32.7 Å². The summed E-state index contributed by atoms with van der Waals surface area (Å²) in [5, 5.41) is 5.00. The molecule has 0 N–H and O–H groups in total. The van der Waals surface area contributed by atoms with E-state index in [9.17, 15) is 0 Å². The Labute approximate surface area is 252 Å². The summed E-state index contributed by atoms with van der Waals surface area (Å²) in [6.45, 7) is 0. The lowest BCUT2D eigenvalue weighted by atomic mass is 10.0. The average molecular weight is 562 g/mol. The third-order valence-electron chi connectivity index (χ3n) is 8.90. The van der Waals surface area contributed by atoms with E-state index in [4.69, 9.17) is 15.0 Å². The second-order valence-electron chi connectivity index (χ2n) is 11.3. The summed E-state index contributed by atoms with van der Waals surface area (Å²) in [5.41, 5.74) is 9.99. The second kappa shape index (κ2) is 8.72. The molecule has 0 amide bonds. The van der Waals surface area contributed by atoms with E-state index in [0.29, 0.717) is 17.6 Å². The lowest BCUT2D eigenvalue weighted by Gasteiger charge is -2.28. The fourth-order valence-electron chi connectivity index (χ4n) is 6.98. The number of para-hydroxylation sites is 3. The van der Waals surface area contributed by atoms with Crippen LogP contribution in [-0.2, 0) is 0 Å². The fourth-order valence-corrected chi connectivity index (χ4v) is 6.98. The Morgan fingerprint density at radius 2 is 0.773 bits per heavy atom. The van der Waals surface area contributed by atoms with Crippen LogP contribution in [0.4, 0.5) is 17.3 Å². The Bertz CT molecular complexity index is 2450. The summed E-state index contributed by atoms with van der Waals surface area (Å²) < 4.78 is 2.44. The smallest absolute Gasteiger partial charge is 0.238 e. The molecule has 4 heterocycles. The molecule has 0 spiro atoms. The lowest BCUT2D eigenvalue weighted by molar-refractivity contribution is 1.02. The van der Waals surface area contributed by atoms with Gasteiger partial charge in [-0.15, -0.1) is 0 Å². The Kier molecular flexibility index (Phi) is 4.66. The maximum atomic E-state index is 5.19. The van der Waals surface area contributed by atoms with E-state index in [1.54, 1.807) is 0 Å². The Hall–Kier alpha value is -6.07. The molecule has 0 unspecified atom stereocenters. The van der Waals surface area contributed by atoms with Gasteiger partial charge in [-0.3, -0.25) is 4.90 Å². The van der Waals surface area contributed by atoms with Crippen LogP contribution in [0.15, 0.2) is 140 Å². The molecule has 0 saturated heterocycles. The summed E-state index contributed by atoms with van der Waals surface area (Å²) in [5.74, 6) is 1.88. The second-order valence-corrected chi connectivity index (χ2v) is 11.3. The van der Waals surface area contributed by atoms with Gasteiger partial charge in [-0.05, 0) is 23.3 Å². The number of benzene rings is 6. The van der Waals surface area contributed by atoms with Crippen molar-refractivity contribution in [3.05, 3.63) is 140 Å². The molecule has 5 nitrogen and oxygen atoms in total. The first-order chi connectivity index (χ1) is 21.8. The molecule has 0 bridgehead atoms. The predicted molar refractivity (Wildman–Crippen MR) is 179 cm³/mol. The fraction of sp³-hybridized carbons (Fsp3) is 0. The van der Waals surface area contributed by atoms with Crippen LogP contribution in [0, 0.1) is 0 Å². The highest BCUT2D eigenvalue weighted by Crippen LogP contribution is 2.51. The molecule has 3 aromatic heterocycles. The van der Waals surface area contributed by atoms with Crippen molar-refractivity contribution in [3.63, 3.8) is 0 Å². The zero-order valence-corrected chi connectivity index (χ0v) is 23.5. The van der Waals surface area contributed by atoms with E-state index in [1.165, 1.54) is 43.7 Å². The van der Waals surface area contributed by atoms with Gasteiger partial charge in [0.15, 0.2) is 11.6 Å². The molecule has 44 heavy (non-hydrogen) atoms. The van der Waals surface area contributed by atoms with Crippen LogP contribution in [-0.4, -0.2) is 19.4 Å². The molecule has 204 valence electrons. The molecular weight excluding hydrogens is 538 g/mol. The van der Waals surface area contributed by atoms with Crippen LogP contribution in [0.25, 0.3) is 72.0 Å². The normalized spacial score (nSPS) is 12.5. The van der Waals surface area contributed by atoms with Crippen LogP contribution in [0.2, 0.25) is 0 Å². The highest BCUT2D eigenvalue weighted by Gasteiger charge is 2.31. The molecule has 1 aliphatic heterocycles. The minimum absolute atomic E-state index is 0.600. The average Bonchev–Trinajstić information content (AvgIpc) is 3.63. The summed E-state index contributed by atoms with van der Waals surface area (Å²) in [4.78, 5) is 17.6. The van der Waals surface area contributed by atoms with Gasteiger partial charge in [0.2, 0.25) is 5.95 Å². The van der Waals surface area contributed by atoms with Crippen molar-refractivity contribution < 1.29 is 0 Å². The van der Waals surface area contributed by atoms with E-state index in [1.807, 2.05) is 24.3 Å². The molecule has 6 aromatic carbocycles. The quantitative estimate of drug-likeness (QED) is 0.215. The first kappa shape index (κ1) is 23.5. The summed E-state index contributed by atoms with van der Waals surface area (Å²) in [6.07, 6.45) is 0.